The molecule has 0 unspecified atom stereocenters. The molecule has 0 bridgehead atoms. The van der Waals surface area contributed by atoms with Crippen molar-refractivity contribution in [1.29, 1.82) is 0 Å². The van der Waals surface area contributed by atoms with E-state index in [1.807, 2.05) is 27.7 Å². The number of urea groups is 1. The lowest BCUT2D eigenvalue weighted by Gasteiger charge is -2.27. The Hall–Kier alpha value is -2.39. The highest BCUT2D eigenvalue weighted by molar-refractivity contribution is 7.91. The monoisotopic (exact) mass is 478 g/mol. The first kappa shape index (κ1) is 24.3. The molecule has 0 spiro atoms. The molecule has 1 saturated heterocycles. The van der Waals surface area contributed by atoms with Gasteiger partial charge < -0.3 is 0 Å². The van der Waals surface area contributed by atoms with Crippen molar-refractivity contribution < 1.29 is 21.6 Å². The van der Waals surface area contributed by atoms with E-state index in [4.69, 9.17) is 0 Å². The summed E-state index contributed by atoms with van der Waals surface area (Å²) in [4.78, 5) is 13.5. The van der Waals surface area contributed by atoms with Gasteiger partial charge in [-0.15, -0.1) is 0 Å². The van der Waals surface area contributed by atoms with Crippen LogP contribution in [0.5, 0.6) is 0 Å². The molecule has 1 fully saturated rings. The average Bonchev–Trinajstić information content (AvgIpc) is 3.01. The Morgan fingerprint density at radius 1 is 0.656 bits per heavy atom. The minimum Gasteiger partial charge on any atom is -0.246 e. The lowest BCUT2D eigenvalue weighted by Crippen LogP contribution is -2.41. The van der Waals surface area contributed by atoms with Crippen LogP contribution in [-0.2, 0) is 20.0 Å². The lowest BCUT2D eigenvalue weighted by atomic mass is 10.0. The molecule has 1 aliphatic heterocycles. The minimum atomic E-state index is -4.23. The smallest absolute Gasteiger partial charge is 0.246 e. The second-order valence-corrected chi connectivity index (χ2v) is 11.9. The van der Waals surface area contributed by atoms with E-state index < -0.39 is 38.2 Å². The summed E-state index contributed by atoms with van der Waals surface area (Å²) in [6.07, 6.45) is 1.97. The fourth-order valence-corrected chi connectivity index (χ4v) is 7.37. The Balaban J connectivity index is 2.15. The van der Waals surface area contributed by atoms with Crippen molar-refractivity contribution in [2.24, 2.45) is 0 Å². The minimum absolute atomic E-state index is 0.0256. The molecule has 32 heavy (non-hydrogen) atoms. The average molecular weight is 479 g/mol. The second kappa shape index (κ2) is 9.23. The van der Waals surface area contributed by atoms with E-state index in [0.717, 1.165) is 19.7 Å². The number of rotatable bonds is 8. The summed E-state index contributed by atoms with van der Waals surface area (Å²) in [6.45, 7) is 7.46. The van der Waals surface area contributed by atoms with Crippen LogP contribution < -0.4 is 0 Å². The number of sulfonamides is 2. The Morgan fingerprint density at radius 3 is 1.25 bits per heavy atom. The number of amides is 2. The molecule has 174 valence electrons. The summed E-state index contributed by atoms with van der Waals surface area (Å²) in [7, 11) is -8.46. The third-order valence-electron chi connectivity index (χ3n) is 5.75. The van der Waals surface area contributed by atoms with Crippen LogP contribution in [0.2, 0.25) is 0 Å². The molecule has 0 aromatic heterocycles. The van der Waals surface area contributed by atoms with Gasteiger partial charge in [-0.05, 0) is 51.0 Å². The molecular weight excluding hydrogens is 448 g/mol. The first-order valence-corrected chi connectivity index (χ1v) is 13.7. The maximum Gasteiger partial charge on any atom is 0.348 e. The molecule has 0 aliphatic carbocycles. The third kappa shape index (κ3) is 4.28. The summed E-state index contributed by atoms with van der Waals surface area (Å²) >= 11 is 0. The van der Waals surface area contributed by atoms with E-state index >= 15 is 0 Å². The first-order chi connectivity index (χ1) is 15.1. The molecule has 1 aliphatic rings. The van der Waals surface area contributed by atoms with Crippen molar-refractivity contribution >= 4 is 26.1 Å². The highest BCUT2D eigenvalue weighted by Crippen LogP contribution is 2.37. The summed E-state index contributed by atoms with van der Waals surface area (Å²) in [5.74, 6) is 0. The summed E-state index contributed by atoms with van der Waals surface area (Å²) < 4.78 is 55.7. The third-order valence-corrected chi connectivity index (χ3v) is 9.37. The number of carbonyl (C=O) groups is 1. The van der Waals surface area contributed by atoms with Gasteiger partial charge in [0.05, 0.1) is 21.9 Å². The maximum absolute atomic E-state index is 13.5. The summed E-state index contributed by atoms with van der Waals surface area (Å²) in [5.41, 5.74) is 1.77. The molecule has 0 radical (unpaired) electrons. The van der Waals surface area contributed by atoms with Crippen molar-refractivity contribution in [1.82, 2.24) is 8.61 Å². The van der Waals surface area contributed by atoms with Crippen molar-refractivity contribution in [2.45, 2.75) is 75.3 Å². The number of hydrogen-bond acceptors (Lipinski definition) is 5. The quantitative estimate of drug-likeness (QED) is 0.559. The van der Waals surface area contributed by atoms with Gasteiger partial charge in [0.25, 0.3) is 20.0 Å². The fourth-order valence-electron chi connectivity index (χ4n) is 4.11. The van der Waals surface area contributed by atoms with Gasteiger partial charge in [-0.3, -0.25) is 0 Å². The number of benzene rings is 2. The van der Waals surface area contributed by atoms with E-state index in [2.05, 4.69) is 0 Å². The highest BCUT2D eigenvalue weighted by atomic mass is 32.2. The topological polar surface area (TPSA) is 91.8 Å². The van der Waals surface area contributed by atoms with Gasteiger partial charge in [-0.1, -0.05) is 62.1 Å². The Labute approximate surface area is 191 Å². The van der Waals surface area contributed by atoms with Crippen LogP contribution in [0.1, 0.15) is 50.7 Å². The molecule has 2 amide bonds. The number of nitrogens with zero attached hydrogens (tertiary/aromatic N) is 2. The van der Waals surface area contributed by atoms with Gasteiger partial charge in [0, 0.05) is 0 Å². The van der Waals surface area contributed by atoms with Crippen LogP contribution in [-0.4, -0.2) is 43.6 Å². The normalized spacial score (nSPS) is 19.6. The molecule has 7 nitrogen and oxygen atoms in total. The van der Waals surface area contributed by atoms with Gasteiger partial charge in [-0.25, -0.2) is 30.2 Å². The van der Waals surface area contributed by atoms with Crippen LogP contribution in [0, 0.1) is 13.8 Å². The van der Waals surface area contributed by atoms with Crippen molar-refractivity contribution in [3.8, 4) is 0 Å². The van der Waals surface area contributed by atoms with Crippen LogP contribution in [0.15, 0.2) is 58.3 Å². The van der Waals surface area contributed by atoms with E-state index in [-0.39, 0.29) is 9.79 Å². The highest BCUT2D eigenvalue weighted by Gasteiger charge is 2.55. The van der Waals surface area contributed by atoms with Gasteiger partial charge in [-0.2, -0.15) is 0 Å². The number of hydrogen-bond donors (Lipinski definition) is 0. The Kier molecular flexibility index (Phi) is 7.00. The molecule has 2 atom stereocenters. The van der Waals surface area contributed by atoms with Crippen molar-refractivity contribution in [2.75, 3.05) is 0 Å². The summed E-state index contributed by atoms with van der Waals surface area (Å²) in [6, 6.07) is 9.90. The predicted molar refractivity (Wildman–Crippen MR) is 123 cm³/mol. The van der Waals surface area contributed by atoms with E-state index in [9.17, 15) is 21.6 Å². The van der Waals surface area contributed by atoms with E-state index in [1.165, 1.54) is 24.3 Å². The number of carbonyl (C=O) groups excluding carboxylic acids is 1. The molecule has 0 N–H and O–H groups in total. The molecule has 2 aromatic rings. The van der Waals surface area contributed by atoms with Crippen LogP contribution in [0.3, 0.4) is 0 Å². The van der Waals surface area contributed by atoms with E-state index in [1.54, 1.807) is 24.3 Å². The molecule has 1 heterocycles. The molecule has 9 heteroatoms. The first-order valence-electron chi connectivity index (χ1n) is 10.8. The zero-order chi connectivity index (χ0) is 23.7. The lowest BCUT2D eigenvalue weighted by molar-refractivity contribution is 0.219. The SMILES string of the molecule is CCC[C@@H]1[C@@H](CCC)N(S(=O)(=O)c2ccc(C)cc2)C(=O)N1S(=O)(=O)c1ccc(C)cc1. The van der Waals surface area contributed by atoms with E-state index in [0.29, 0.717) is 25.7 Å². The predicted octanol–water partition coefficient (Wildman–Crippen LogP) is 4.46. The van der Waals surface area contributed by atoms with Crippen LogP contribution in [0.25, 0.3) is 0 Å². The Bertz CT molecular complexity index is 1080. The van der Waals surface area contributed by atoms with Gasteiger partial charge in [0.2, 0.25) is 0 Å². The van der Waals surface area contributed by atoms with Crippen molar-refractivity contribution in [3.05, 3.63) is 59.7 Å². The largest absolute Gasteiger partial charge is 0.348 e. The maximum atomic E-state index is 13.5. The van der Waals surface area contributed by atoms with Crippen LogP contribution >= 0.6 is 0 Å². The Morgan fingerprint density at radius 2 is 0.969 bits per heavy atom. The summed E-state index contributed by atoms with van der Waals surface area (Å²) in [5, 5.41) is 0. The van der Waals surface area contributed by atoms with Crippen molar-refractivity contribution in [3.63, 3.8) is 0 Å². The zero-order valence-corrected chi connectivity index (χ0v) is 20.5. The van der Waals surface area contributed by atoms with Crippen LogP contribution in [0.4, 0.5) is 4.79 Å². The van der Waals surface area contributed by atoms with Gasteiger partial charge in [0.15, 0.2) is 0 Å². The van der Waals surface area contributed by atoms with Gasteiger partial charge in [0.1, 0.15) is 0 Å². The standard InChI is InChI=1S/C23H30N2O5S2/c1-5-7-21-22(8-6-2)25(32(29,30)20-15-11-18(4)12-16-20)23(26)24(21)31(27,28)19-13-9-17(3)10-14-19/h9-16,21-22H,5-8H2,1-4H3/t21-,22-/m1/s1. The molecule has 2 aromatic carbocycles. The van der Waals surface area contributed by atoms with Gasteiger partial charge >= 0.3 is 6.03 Å². The zero-order valence-electron chi connectivity index (χ0n) is 18.9. The fraction of sp³-hybridized carbons (Fsp3) is 0.435. The number of aryl methyl sites for hydroxylation is 2. The molecular formula is C23H30N2O5S2. The second-order valence-electron chi connectivity index (χ2n) is 8.22. The molecule has 0 saturated carbocycles. The molecule has 3 rings (SSSR count).